The fraction of sp³-hybridized carbons (Fsp3) is 0.400. The maximum Gasteiger partial charge on any atom is 0.228 e. The van der Waals surface area contributed by atoms with E-state index in [4.69, 9.17) is 10.5 Å². The van der Waals surface area contributed by atoms with Crippen LogP contribution in [0.2, 0.25) is 0 Å². The number of hydrogen-bond donors (Lipinski definition) is 3. The normalized spacial score (nSPS) is 20.7. The topological polar surface area (TPSA) is 131 Å². The summed E-state index contributed by atoms with van der Waals surface area (Å²) in [4.78, 5) is 32.4. The summed E-state index contributed by atoms with van der Waals surface area (Å²) in [5.74, 6) is 2.01. The van der Waals surface area contributed by atoms with Crippen molar-refractivity contribution in [2.45, 2.75) is 38.9 Å². The highest BCUT2D eigenvalue weighted by molar-refractivity contribution is 6.12. The van der Waals surface area contributed by atoms with E-state index in [1.807, 2.05) is 24.4 Å². The Bertz CT molecular complexity index is 1260. The fourth-order valence-corrected chi connectivity index (χ4v) is 4.38. The molecule has 1 aliphatic heterocycles. The van der Waals surface area contributed by atoms with Gasteiger partial charge in [0.1, 0.15) is 17.5 Å². The summed E-state index contributed by atoms with van der Waals surface area (Å²) in [7, 11) is 1.79. The monoisotopic (exact) mass is 474 g/mol. The first-order valence-corrected chi connectivity index (χ1v) is 11.9. The second-order valence-corrected chi connectivity index (χ2v) is 9.18. The molecule has 1 aliphatic carbocycles. The standard InChI is InChI=1S/C25H30N8O2/c1-14-12-33(13-15(2)35-14)17-6-7-21(28-9-17)31-23(26)19-10-30-24(27-3)20-11-29-22(8-18(19)20)32-25(34)16-4-5-16/h6-11,14-16H,4-5,12-13H2,1-3H3,(H,27,30)(H2,26,28,31)(H,29,32,34)/t14-,15+. The summed E-state index contributed by atoms with van der Waals surface area (Å²) >= 11 is 0. The summed E-state index contributed by atoms with van der Waals surface area (Å²) in [5, 5.41) is 7.54. The number of amides is 1. The Balaban J connectivity index is 1.43. The number of nitrogens with one attached hydrogen (secondary N) is 2. The van der Waals surface area contributed by atoms with Gasteiger partial charge in [-0.2, -0.15) is 0 Å². The number of rotatable bonds is 6. The first-order chi connectivity index (χ1) is 16.9. The lowest BCUT2D eigenvalue weighted by molar-refractivity contribution is -0.117. The third kappa shape index (κ3) is 5.02. The Morgan fingerprint density at radius 2 is 1.86 bits per heavy atom. The van der Waals surface area contributed by atoms with Crippen LogP contribution in [0.15, 0.2) is 41.8 Å². The molecule has 0 radical (unpaired) electrons. The first kappa shape index (κ1) is 23.0. The number of aliphatic imine (C=N–C) groups is 1. The number of nitrogens with two attached hydrogens (primary N) is 1. The lowest BCUT2D eigenvalue weighted by Crippen LogP contribution is -2.45. The molecule has 4 N–H and O–H groups in total. The van der Waals surface area contributed by atoms with Crippen molar-refractivity contribution in [2.75, 3.05) is 35.7 Å². The van der Waals surface area contributed by atoms with Crippen molar-refractivity contribution in [1.82, 2.24) is 15.0 Å². The molecule has 0 aromatic carbocycles. The van der Waals surface area contributed by atoms with Crippen molar-refractivity contribution >= 4 is 45.7 Å². The molecule has 2 aliphatic rings. The third-order valence-corrected chi connectivity index (χ3v) is 6.24. The molecular formula is C25H30N8O2. The van der Waals surface area contributed by atoms with Gasteiger partial charge in [0.2, 0.25) is 5.91 Å². The number of carbonyl (C=O) groups excluding carboxylic acids is 1. The van der Waals surface area contributed by atoms with Crippen LogP contribution in [0.25, 0.3) is 10.8 Å². The molecule has 35 heavy (non-hydrogen) atoms. The summed E-state index contributed by atoms with van der Waals surface area (Å²) in [6.45, 7) is 5.79. The molecule has 10 nitrogen and oxygen atoms in total. The molecular weight excluding hydrogens is 444 g/mol. The summed E-state index contributed by atoms with van der Waals surface area (Å²) in [6.07, 6.45) is 7.35. The Kier molecular flexibility index (Phi) is 6.21. The number of hydrogen-bond acceptors (Lipinski definition) is 8. The Hall–Kier alpha value is -3.79. The van der Waals surface area contributed by atoms with Crippen molar-refractivity contribution in [3.05, 3.63) is 42.4 Å². The van der Waals surface area contributed by atoms with Gasteiger partial charge < -0.3 is 26.0 Å². The van der Waals surface area contributed by atoms with Gasteiger partial charge in [-0.15, -0.1) is 0 Å². The van der Waals surface area contributed by atoms with Crippen LogP contribution in [-0.2, 0) is 9.53 Å². The van der Waals surface area contributed by atoms with E-state index < -0.39 is 0 Å². The Labute approximate surface area is 204 Å². The summed E-state index contributed by atoms with van der Waals surface area (Å²) < 4.78 is 5.82. The number of aromatic nitrogens is 3. The van der Waals surface area contributed by atoms with Gasteiger partial charge in [0.25, 0.3) is 0 Å². The number of amidine groups is 1. The molecule has 5 rings (SSSR count). The van der Waals surface area contributed by atoms with Crippen molar-refractivity contribution in [3.8, 4) is 0 Å². The highest BCUT2D eigenvalue weighted by Crippen LogP contribution is 2.31. The zero-order valence-electron chi connectivity index (χ0n) is 20.2. The zero-order chi connectivity index (χ0) is 24.5. The second kappa shape index (κ2) is 9.46. The van der Waals surface area contributed by atoms with Crippen LogP contribution < -0.4 is 21.3 Å². The number of ether oxygens (including phenoxy) is 1. The van der Waals surface area contributed by atoms with E-state index in [2.05, 4.69) is 49.3 Å². The van der Waals surface area contributed by atoms with E-state index in [0.29, 0.717) is 23.0 Å². The highest BCUT2D eigenvalue weighted by atomic mass is 16.5. The average Bonchev–Trinajstić information content (AvgIpc) is 3.69. The quantitative estimate of drug-likeness (QED) is 0.367. The van der Waals surface area contributed by atoms with Crippen LogP contribution in [-0.4, -0.2) is 59.0 Å². The molecule has 3 aromatic heterocycles. The maximum absolute atomic E-state index is 12.2. The van der Waals surface area contributed by atoms with Crippen molar-refractivity contribution in [2.24, 2.45) is 16.6 Å². The van der Waals surface area contributed by atoms with Gasteiger partial charge in [-0.05, 0) is 44.9 Å². The zero-order valence-corrected chi connectivity index (χ0v) is 20.2. The predicted octanol–water partition coefficient (Wildman–Crippen LogP) is 3.07. The fourth-order valence-electron chi connectivity index (χ4n) is 4.38. The number of anilines is 3. The molecule has 2 fully saturated rings. The number of fused-ring (bicyclic) bond motifs is 1. The van der Waals surface area contributed by atoms with Crippen LogP contribution in [0.1, 0.15) is 32.3 Å². The smallest absolute Gasteiger partial charge is 0.228 e. The van der Waals surface area contributed by atoms with Crippen molar-refractivity contribution < 1.29 is 9.53 Å². The minimum absolute atomic E-state index is 0.00344. The Morgan fingerprint density at radius 1 is 1.09 bits per heavy atom. The molecule has 2 atom stereocenters. The molecule has 1 saturated heterocycles. The SMILES string of the molecule is CNc1ncc(C(N)=Nc2ccc(N3C[C@@H](C)O[C@@H](C)C3)cn2)c2cc(NC(=O)C3CC3)ncc12. The number of morpholine rings is 1. The van der Waals surface area contributed by atoms with Gasteiger partial charge in [-0.1, -0.05) is 0 Å². The van der Waals surface area contributed by atoms with E-state index in [0.717, 1.165) is 42.4 Å². The molecule has 1 amide bonds. The van der Waals surface area contributed by atoms with Crippen LogP contribution in [0.3, 0.4) is 0 Å². The molecule has 182 valence electrons. The average molecular weight is 475 g/mol. The lowest BCUT2D eigenvalue weighted by Gasteiger charge is -2.36. The van der Waals surface area contributed by atoms with E-state index >= 15 is 0 Å². The Morgan fingerprint density at radius 3 is 2.51 bits per heavy atom. The second-order valence-electron chi connectivity index (χ2n) is 9.18. The van der Waals surface area contributed by atoms with E-state index in [1.165, 1.54) is 0 Å². The van der Waals surface area contributed by atoms with Crippen LogP contribution in [0.5, 0.6) is 0 Å². The molecule has 4 heterocycles. The van der Waals surface area contributed by atoms with Crippen molar-refractivity contribution in [1.29, 1.82) is 0 Å². The molecule has 0 bridgehead atoms. The summed E-state index contributed by atoms with van der Waals surface area (Å²) in [6, 6.07) is 5.67. The molecule has 0 unspecified atom stereocenters. The minimum atomic E-state index is -0.00344. The minimum Gasteiger partial charge on any atom is -0.383 e. The van der Waals surface area contributed by atoms with Crippen LogP contribution in [0, 0.1) is 5.92 Å². The van der Waals surface area contributed by atoms with Gasteiger partial charge in [0.15, 0.2) is 5.82 Å². The van der Waals surface area contributed by atoms with Gasteiger partial charge in [-0.25, -0.2) is 19.9 Å². The molecule has 3 aromatic rings. The third-order valence-electron chi connectivity index (χ3n) is 6.24. The summed E-state index contributed by atoms with van der Waals surface area (Å²) in [5.41, 5.74) is 8.10. The predicted molar refractivity (Wildman–Crippen MR) is 137 cm³/mol. The number of carbonyl (C=O) groups is 1. The lowest BCUT2D eigenvalue weighted by atomic mass is 10.1. The molecule has 10 heteroatoms. The molecule has 0 spiro atoms. The van der Waals surface area contributed by atoms with Crippen molar-refractivity contribution in [3.63, 3.8) is 0 Å². The largest absolute Gasteiger partial charge is 0.383 e. The van der Waals surface area contributed by atoms with E-state index in [-0.39, 0.29) is 29.9 Å². The first-order valence-electron chi connectivity index (χ1n) is 11.9. The van der Waals surface area contributed by atoms with E-state index in [9.17, 15) is 4.79 Å². The number of nitrogens with zero attached hydrogens (tertiary/aromatic N) is 5. The van der Waals surface area contributed by atoms with Gasteiger partial charge in [0, 0.05) is 54.8 Å². The highest BCUT2D eigenvalue weighted by Gasteiger charge is 2.30. The van der Waals surface area contributed by atoms with Gasteiger partial charge >= 0.3 is 0 Å². The van der Waals surface area contributed by atoms with Crippen LogP contribution >= 0.6 is 0 Å². The van der Waals surface area contributed by atoms with Gasteiger partial charge in [-0.3, -0.25) is 4.79 Å². The number of pyridine rings is 3. The van der Waals surface area contributed by atoms with Gasteiger partial charge in [0.05, 0.1) is 24.1 Å². The maximum atomic E-state index is 12.2. The molecule has 1 saturated carbocycles. The van der Waals surface area contributed by atoms with Crippen LogP contribution in [0.4, 0.5) is 23.1 Å². The van der Waals surface area contributed by atoms with E-state index in [1.54, 1.807) is 19.4 Å².